The molecule has 2 aromatic rings. The predicted octanol–water partition coefficient (Wildman–Crippen LogP) is 1.44. The summed E-state index contributed by atoms with van der Waals surface area (Å²) in [5, 5.41) is 0.545. The molecule has 0 unspecified atom stereocenters. The van der Waals surface area contributed by atoms with Gasteiger partial charge in [-0.05, 0) is 26.1 Å². The van der Waals surface area contributed by atoms with Gasteiger partial charge in [0.15, 0.2) is 5.13 Å². The first kappa shape index (κ1) is 16.9. The monoisotopic (exact) mass is 340 g/mol. The smallest absolute Gasteiger partial charge is 0.240 e. The molecular formula is C14H20N4O2S2. The van der Waals surface area contributed by atoms with E-state index in [1.54, 1.807) is 30.5 Å². The van der Waals surface area contributed by atoms with Gasteiger partial charge in [-0.2, -0.15) is 0 Å². The van der Waals surface area contributed by atoms with Crippen LogP contribution in [0.5, 0.6) is 0 Å². The van der Waals surface area contributed by atoms with Gasteiger partial charge in [0.1, 0.15) is 0 Å². The Morgan fingerprint density at radius 1 is 1.32 bits per heavy atom. The molecule has 1 heterocycles. The molecule has 0 aliphatic heterocycles. The van der Waals surface area contributed by atoms with E-state index in [1.165, 1.54) is 11.3 Å². The molecule has 2 rings (SSSR count). The molecule has 3 N–H and O–H groups in total. The van der Waals surface area contributed by atoms with E-state index in [0.29, 0.717) is 24.8 Å². The molecule has 1 aromatic heterocycles. The van der Waals surface area contributed by atoms with Crippen LogP contribution >= 0.6 is 11.3 Å². The van der Waals surface area contributed by atoms with Crippen molar-refractivity contribution in [2.24, 2.45) is 0 Å². The Hall–Kier alpha value is -1.48. The van der Waals surface area contributed by atoms with Gasteiger partial charge in [0.2, 0.25) is 10.0 Å². The Kier molecular flexibility index (Phi) is 5.52. The topological polar surface area (TPSA) is 88.3 Å². The Labute approximate surface area is 135 Å². The molecular weight excluding hydrogens is 320 g/mol. The third kappa shape index (κ3) is 4.77. The van der Waals surface area contributed by atoms with E-state index in [-0.39, 0.29) is 4.90 Å². The fourth-order valence-electron chi connectivity index (χ4n) is 1.91. The molecule has 0 amide bonds. The lowest BCUT2D eigenvalue weighted by molar-refractivity contribution is 0.334. The van der Waals surface area contributed by atoms with Gasteiger partial charge in [0.25, 0.3) is 0 Å². The molecule has 0 spiro atoms. The number of anilines is 1. The molecule has 0 saturated heterocycles. The van der Waals surface area contributed by atoms with Crippen molar-refractivity contribution >= 4 is 26.5 Å². The number of rotatable bonds is 7. The summed E-state index contributed by atoms with van der Waals surface area (Å²) in [4.78, 5) is 7.36. The first-order valence-electron chi connectivity index (χ1n) is 6.82. The maximum atomic E-state index is 12.1. The van der Waals surface area contributed by atoms with Gasteiger partial charge in [-0.3, -0.25) is 4.90 Å². The Morgan fingerprint density at radius 3 is 2.59 bits per heavy atom. The van der Waals surface area contributed by atoms with Crippen molar-refractivity contribution in [1.29, 1.82) is 0 Å². The van der Waals surface area contributed by atoms with Crippen LogP contribution in [0.15, 0.2) is 35.4 Å². The first-order chi connectivity index (χ1) is 10.4. The quantitative estimate of drug-likeness (QED) is 0.796. The zero-order chi connectivity index (χ0) is 16.2. The predicted molar refractivity (Wildman–Crippen MR) is 89.2 cm³/mol. The summed E-state index contributed by atoms with van der Waals surface area (Å²) in [7, 11) is -1.52. The Bertz CT molecular complexity index is 711. The van der Waals surface area contributed by atoms with Crippen LogP contribution in [-0.2, 0) is 16.6 Å². The molecule has 0 aliphatic rings. The summed E-state index contributed by atoms with van der Waals surface area (Å²) in [6.45, 7) is 3.57. The van der Waals surface area contributed by atoms with Gasteiger partial charge in [0, 0.05) is 30.7 Å². The van der Waals surface area contributed by atoms with Crippen molar-refractivity contribution < 1.29 is 8.42 Å². The standard InChI is InChI=1S/C14H20N4O2S2/c1-11-3-5-13(6-4-11)22(19,20)17-7-8-18(2)10-12-9-16-14(15)21-12/h3-6,9,17H,7-8,10H2,1-2H3,(H2,15,16). The number of nitrogens with two attached hydrogens (primary N) is 1. The maximum absolute atomic E-state index is 12.1. The van der Waals surface area contributed by atoms with Crippen LogP contribution in [-0.4, -0.2) is 38.4 Å². The minimum atomic E-state index is -3.45. The lowest BCUT2D eigenvalue weighted by atomic mass is 10.2. The number of hydrogen-bond acceptors (Lipinski definition) is 6. The van der Waals surface area contributed by atoms with Crippen LogP contribution in [0.25, 0.3) is 0 Å². The number of benzene rings is 1. The average molecular weight is 340 g/mol. The number of nitrogens with one attached hydrogen (secondary N) is 1. The summed E-state index contributed by atoms with van der Waals surface area (Å²) in [6, 6.07) is 6.80. The molecule has 0 radical (unpaired) electrons. The van der Waals surface area contributed by atoms with E-state index in [2.05, 4.69) is 9.71 Å². The second-order valence-electron chi connectivity index (χ2n) is 5.11. The molecule has 0 fully saturated rings. The minimum absolute atomic E-state index is 0.288. The van der Waals surface area contributed by atoms with Gasteiger partial charge in [0.05, 0.1) is 4.90 Å². The van der Waals surface area contributed by atoms with E-state index in [4.69, 9.17) is 5.73 Å². The number of sulfonamides is 1. The molecule has 6 nitrogen and oxygen atoms in total. The molecule has 0 bridgehead atoms. The fraction of sp³-hybridized carbons (Fsp3) is 0.357. The van der Waals surface area contributed by atoms with Gasteiger partial charge in [-0.15, -0.1) is 11.3 Å². The zero-order valence-electron chi connectivity index (χ0n) is 12.6. The van der Waals surface area contributed by atoms with Crippen LogP contribution in [0, 0.1) is 6.92 Å². The van der Waals surface area contributed by atoms with E-state index < -0.39 is 10.0 Å². The minimum Gasteiger partial charge on any atom is -0.375 e. The fourth-order valence-corrected chi connectivity index (χ4v) is 3.70. The molecule has 0 atom stereocenters. The lowest BCUT2D eigenvalue weighted by Crippen LogP contribution is -2.32. The second kappa shape index (κ2) is 7.19. The van der Waals surface area contributed by atoms with Crippen molar-refractivity contribution in [1.82, 2.24) is 14.6 Å². The summed E-state index contributed by atoms with van der Waals surface area (Å²) < 4.78 is 26.9. The number of aromatic nitrogens is 1. The lowest BCUT2D eigenvalue weighted by Gasteiger charge is -2.15. The van der Waals surface area contributed by atoms with E-state index in [9.17, 15) is 8.42 Å². The van der Waals surface area contributed by atoms with Crippen molar-refractivity contribution in [3.05, 3.63) is 40.9 Å². The van der Waals surface area contributed by atoms with Gasteiger partial charge < -0.3 is 5.73 Å². The molecule has 22 heavy (non-hydrogen) atoms. The Balaban J connectivity index is 1.83. The second-order valence-corrected chi connectivity index (χ2v) is 8.03. The average Bonchev–Trinajstić information content (AvgIpc) is 2.84. The highest BCUT2D eigenvalue weighted by Gasteiger charge is 2.13. The molecule has 0 aliphatic carbocycles. The van der Waals surface area contributed by atoms with Gasteiger partial charge in [-0.1, -0.05) is 17.7 Å². The number of hydrogen-bond donors (Lipinski definition) is 2. The Morgan fingerprint density at radius 2 is 2.00 bits per heavy atom. The van der Waals surface area contributed by atoms with E-state index in [0.717, 1.165) is 10.4 Å². The normalized spacial score (nSPS) is 12.0. The molecule has 1 aromatic carbocycles. The molecule has 0 saturated carbocycles. The van der Waals surface area contributed by atoms with E-state index >= 15 is 0 Å². The highest BCUT2D eigenvalue weighted by Crippen LogP contribution is 2.15. The SMILES string of the molecule is Cc1ccc(S(=O)(=O)NCCN(C)Cc2cnc(N)s2)cc1. The van der Waals surface area contributed by atoms with Gasteiger partial charge in [-0.25, -0.2) is 18.1 Å². The summed E-state index contributed by atoms with van der Waals surface area (Å²) in [6.07, 6.45) is 1.74. The van der Waals surface area contributed by atoms with Crippen LogP contribution in [0.3, 0.4) is 0 Å². The summed E-state index contributed by atoms with van der Waals surface area (Å²) in [5.41, 5.74) is 6.61. The van der Waals surface area contributed by atoms with Crippen LogP contribution in [0.2, 0.25) is 0 Å². The van der Waals surface area contributed by atoms with Crippen molar-refractivity contribution in [2.45, 2.75) is 18.4 Å². The van der Waals surface area contributed by atoms with Crippen molar-refractivity contribution in [3.8, 4) is 0 Å². The largest absolute Gasteiger partial charge is 0.375 e. The summed E-state index contributed by atoms with van der Waals surface area (Å²) in [5.74, 6) is 0. The number of nitrogen functional groups attached to an aromatic ring is 1. The number of likely N-dealkylation sites (N-methyl/N-ethyl adjacent to an activating group) is 1. The van der Waals surface area contributed by atoms with E-state index in [1.807, 2.05) is 18.9 Å². The first-order valence-corrected chi connectivity index (χ1v) is 9.12. The summed E-state index contributed by atoms with van der Waals surface area (Å²) >= 11 is 1.44. The maximum Gasteiger partial charge on any atom is 0.240 e. The van der Waals surface area contributed by atoms with Crippen molar-refractivity contribution in [2.75, 3.05) is 25.9 Å². The van der Waals surface area contributed by atoms with Crippen LogP contribution in [0.1, 0.15) is 10.4 Å². The third-order valence-corrected chi connectivity index (χ3v) is 5.40. The molecule has 8 heteroatoms. The highest BCUT2D eigenvalue weighted by atomic mass is 32.2. The van der Waals surface area contributed by atoms with Crippen LogP contribution in [0.4, 0.5) is 5.13 Å². The number of thiazole rings is 1. The number of nitrogens with zero attached hydrogens (tertiary/aromatic N) is 2. The van der Waals surface area contributed by atoms with Crippen molar-refractivity contribution in [3.63, 3.8) is 0 Å². The van der Waals surface area contributed by atoms with Crippen LogP contribution < -0.4 is 10.5 Å². The molecule has 120 valence electrons. The van der Waals surface area contributed by atoms with Gasteiger partial charge >= 0.3 is 0 Å². The highest BCUT2D eigenvalue weighted by molar-refractivity contribution is 7.89. The zero-order valence-corrected chi connectivity index (χ0v) is 14.2. The number of aryl methyl sites for hydroxylation is 1. The third-order valence-electron chi connectivity index (χ3n) is 3.11.